The van der Waals surface area contributed by atoms with Crippen LogP contribution in [0.3, 0.4) is 0 Å². The molecule has 1 aromatic heterocycles. The van der Waals surface area contributed by atoms with E-state index in [9.17, 15) is 0 Å². The molecule has 100 valence electrons. The van der Waals surface area contributed by atoms with Gasteiger partial charge in [-0.15, -0.1) is 0 Å². The highest BCUT2D eigenvalue weighted by molar-refractivity contribution is 5.45. The molecule has 0 saturated heterocycles. The molecular formula is C16H21N3. The molecule has 0 saturated carbocycles. The van der Waals surface area contributed by atoms with E-state index in [1.54, 1.807) is 0 Å². The number of hydrogen-bond donors (Lipinski definition) is 2. The predicted octanol–water partition coefficient (Wildman–Crippen LogP) is 3.56. The highest BCUT2D eigenvalue weighted by Gasteiger charge is 2.24. The van der Waals surface area contributed by atoms with Gasteiger partial charge in [-0.05, 0) is 50.8 Å². The van der Waals surface area contributed by atoms with Crippen LogP contribution in [0, 0.1) is 13.8 Å². The Kier molecular flexibility index (Phi) is 3.28. The fraction of sp³-hybridized carbons (Fsp3) is 0.438. The van der Waals surface area contributed by atoms with Gasteiger partial charge in [0.2, 0.25) is 0 Å². The number of nitrogens with zero attached hydrogens (tertiary/aromatic N) is 1. The highest BCUT2D eigenvalue weighted by atomic mass is 15.1. The molecule has 19 heavy (non-hydrogen) atoms. The molecule has 1 unspecified atom stereocenters. The van der Waals surface area contributed by atoms with Crippen LogP contribution in [-0.4, -0.2) is 16.7 Å². The van der Waals surface area contributed by atoms with Gasteiger partial charge in [0.05, 0.1) is 5.69 Å². The van der Waals surface area contributed by atoms with Crippen molar-refractivity contribution >= 4 is 5.69 Å². The Bertz CT molecular complexity index is 554. The van der Waals surface area contributed by atoms with Crippen molar-refractivity contribution in [3.05, 3.63) is 46.8 Å². The summed E-state index contributed by atoms with van der Waals surface area (Å²) in [5, 5.41) is 11.2. The molecule has 2 N–H and O–H groups in total. The number of fused-ring (bicyclic) bond motifs is 1. The minimum atomic E-state index is 0.537. The number of aryl methyl sites for hydroxylation is 2. The molecule has 3 heteroatoms. The Labute approximate surface area is 114 Å². The van der Waals surface area contributed by atoms with Crippen molar-refractivity contribution in [2.75, 3.05) is 11.9 Å². The summed E-state index contributed by atoms with van der Waals surface area (Å²) in [4.78, 5) is 0. The van der Waals surface area contributed by atoms with Crippen LogP contribution in [0.4, 0.5) is 5.69 Å². The van der Waals surface area contributed by atoms with E-state index in [2.05, 4.69) is 53.6 Å². The van der Waals surface area contributed by atoms with E-state index >= 15 is 0 Å². The molecule has 2 aromatic rings. The average Bonchev–Trinajstić information content (AvgIpc) is 2.81. The summed E-state index contributed by atoms with van der Waals surface area (Å²) in [5.41, 5.74) is 6.47. The largest absolute Gasteiger partial charge is 0.384 e. The van der Waals surface area contributed by atoms with E-state index in [-0.39, 0.29) is 0 Å². The molecule has 0 bridgehead atoms. The van der Waals surface area contributed by atoms with Gasteiger partial charge in [0.1, 0.15) is 0 Å². The fourth-order valence-electron chi connectivity index (χ4n) is 2.90. The first kappa shape index (κ1) is 12.3. The first-order valence-electron chi connectivity index (χ1n) is 7.08. The maximum Gasteiger partial charge on any atom is 0.0705 e. The molecule has 3 rings (SSSR count). The SMILES string of the molecule is Cc1ccc(NCC2CCCc3c2n[nH]c3C)cc1. The van der Waals surface area contributed by atoms with Crippen molar-refractivity contribution in [2.45, 2.75) is 39.0 Å². The summed E-state index contributed by atoms with van der Waals surface area (Å²) < 4.78 is 0. The molecule has 0 amide bonds. The van der Waals surface area contributed by atoms with Crippen molar-refractivity contribution in [3.8, 4) is 0 Å². The van der Waals surface area contributed by atoms with Gasteiger partial charge in [-0.1, -0.05) is 17.7 Å². The number of aromatic nitrogens is 2. The Morgan fingerprint density at radius 1 is 1.26 bits per heavy atom. The van der Waals surface area contributed by atoms with Crippen LogP contribution in [0.2, 0.25) is 0 Å². The van der Waals surface area contributed by atoms with E-state index in [0.29, 0.717) is 5.92 Å². The first-order chi connectivity index (χ1) is 9.24. The first-order valence-corrected chi connectivity index (χ1v) is 7.08. The summed E-state index contributed by atoms with van der Waals surface area (Å²) in [6, 6.07) is 8.59. The zero-order valence-corrected chi connectivity index (χ0v) is 11.7. The quantitative estimate of drug-likeness (QED) is 0.880. The number of nitrogens with one attached hydrogen (secondary N) is 2. The van der Waals surface area contributed by atoms with Crippen LogP contribution in [0.5, 0.6) is 0 Å². The molecule has 1 aliphatic carbocycles. The Morgan fingerprint density at radius 3 is 2.84 bits per heavy atom. The Hall–Kier alpha value is -1.77. The molecule has 0 spiro atoms. The van der Waals surface area contributed by atoms with E-state index in [1.165, 1.54) is 47.5 Å². The zero-order valence-electron chi connectivity index (χ0n) is 11.7. The van der Waals surface area contributed by atoms with E-state index in [4.69, 9.17) is 0 Å². The number of hydrogen-bond acceptors (Lipinski definition) is 2. The third-order valence-electron chi connectivity index (χ3n) is 4.08. The van der Waals surface area contributed by atoms with Crippen LogP contribution in [0.1, 0.15) is 41.3 Å². The predicted molar refractivity (Wildman–Crippen MR) is 78.7 cm³/mol. The van der Waals surface area contributed by atoms with Crippen molar-refractivity contribution in [3.63, 3.8) is 0 Å². The van der Waals surface area contributed by atoms with Crippen LogP contribution in [-0.2, 0) is 6.42 Å². The zero-order chi connectivity index (χ0) is 13.2. The monoisotopic (exact) mass is 255 g/mol. The second-order valence-corrected chi connectivity index (χ2v) is 5.55. The van der Waals surface area contributed by atoms with E-state index in [0.717, 1.165) is 6.54 Å². The van der Waals surface area contributed by atoms with Gasteiger partial charge in [0.25, 0.3) is 0 Å². The summed E-state index contributed by atoms with van der Waals surface area (Å²) in [7, 11) is 0. The van der Waals surface area contributed by atoms with Gasteiger partial charge in [-0.3, -0.25) is 5.10 Å². The second-order valence-electron chi connectivity index (χ2n) is 5.55. The van der Waals surface area contributed by atoms with Gasteiger partial charge in [-0.2, -0.15) is 5.10 Å². The Morgan fingerprint density at radius 2 is 2.05 bits per heavy atom. The van der Waals surface area contributed by atoms with Gasteiger partial charge in [-0.25, -0.2) is 0 Å². The molecule has 0 fully saturated rings. The molecule has 0 aliphatic heterocycles. The highest BCUT2D eigenvalue weighted by Crippen LogP contribution is 2.31. The molecule has 1 heterocycles. The standard InChI is InChI=1S/C16H21N3/c1-11-6-8-14(9-7-11)17-10-13-4-3-5-15-12(2)18-19-16(13)15/h6-9,13,17H,3-5,10H2,1-2H3,(H,18,19). The molecule has 1 aliphatic rings. The fourth-order valence-corrected chi connectivity index (χ4v) is 2.90. The second kappa shape index (κ2) is 5.08. The van der Waals surface area contributed by atoms with Gasteiger partial charge in [0, 0.05) is 23.8 Å². The van der Waals surface area contributed by atoms with Crippen LogP contribution in [0.25, 0.3) is 0 Å². The summed E-state index contributed by atoms with van der Waals surface area (Å²) >= 11 is 0. The average molecular weight is 255 g/mol. The van der Waals surface area contributed by atoms with Crippen LogP contribution in [0.15, 0.2) is 24.3 Å². The van der Waals surface area contributed by atoms with Crippen LogP contribution < -0.4 is 5.32 Å². The summed E-state index contributed by atoms with van der Waals surface area (Å²) in [6.07, 6.45) is 3.68. The van der Waals surface area contributed by atoms with Gasteiger partial charge >= 0.3 is 0 Å². The van der Waals surface area contributed by atoms with Crippen LogP contribution >= 0.6 is 0 Å². The lowest BCUT2D eigenvalue weighted by Gasteiger charge is -2.22. The number of benzene rings is 1. The van der Waals surface area contributed by atoms with Crippen molar-refractivity contribution < 1.29 is 0 Å². The Balaban J connectivity index is 1.69. The summed E-state index contributed by atoms with van der Waals surface area (Å²) in [6.45, 7) is 5.21. The maximum absolute atomic E-state index is 4.50. The minimum absolute atomic E-state index is 0.537. The normalized spacial score (nSPS) is 18.1. The number of rotatable bonds is 3. The maximum atomic E-state index is 4.50. The third-order valence-corrected chi connectivity index (χ3v) is 4.08. The molecule has 3 nitrogen and oxygen atoms in total. The topological polar surface area (TPSA) is 40.7 Å². The number of anilines is 1. The summed E-state index contributed by atoms with van der Waals surface area (Å²) in [5.74, 6) is 0.537. The lowest BCUT2D eigenvalue weighted by molar-refractivity contribution is 0.559. The van der Waals surface area contributed by atoms with Gasteiger partial charge in [0.15, 0.2) is 0 Å². The minimum Gasteiger partial charge on any atom is -0.384 e. The lowest BCUT2D eigenvalue weighted by atomic mass is 9.87. The smallest absolute Gasteiger partial charge is 0.0705 e. The third kappa shape index (κ3) is 2.50. The van der Waals surface area contributed by atoms with E-state index in [1.807, 2.05) is 0 Å². The molecular weight excluding hydrogens is 234 g/mol. The number of H-pyrrole nitrogens is 1. The van der Waals surface area contributed by atoms with E-state index < -0.39 is 0 Å². The van der Waals surface area contributed by atoms with Crippen molar-refractivity contribution in [1.29, 1.82) is 0 Å². The number of aromatic amines is 1. The lowest BCUT2D eigenvalue weighted by Crippen LogP contribution is -2.18. The molecule has 1 atom stereocenters. The molecule has 1 aromatic carbocycles. The van der Waals surface area contributed by atoms with Crippen molar-refractivity contribution in [2.24, 2.45) is 0 Å². The molecule has 0 radical (unpaired) electrons. The van der Waals surface area contributed by atoms with Crippen molar-refractivity contribution in [1.82, 2.24) is 10.2 Å². The van der Waals surface area contributed by atoms with Gasteiger partial charge < -0.3 is 5.32 Å².